The van der Waals surface area contributed by atoms with Crippen molar-refractivity contribution in [2.45, 2.75) is 6.54 Å². The lowest BCUT2D eigenvalue weighted by molar-refractivity contribution is 0.0593. The number of aromatic nitrogens is 1. The molecular weight excluding hydrogens is 264 g/mol. The molecule has 0 bridgehead atoms. The minimum absolute atomic E-state index is 0.119. The molecule has 104 valence electrons. The van der Waals surface area contributed by atoms with Gasteiger partial charge in [-0.3, -0.25) is 0 Å². The summed E-state index contributed by atoms with van der Waals surface area (Å²) in [5.74, 6) is -1.29. The normalized spacial score (nSPS) is 10.1. The van der Waals surface area contributed by atoms with Crippen LogP contribution < -0.4 is 5.32 Å². The van der Waals surface area contributed by atoms with Gasteiger partial charge in [-0.1, -0.05) is 0 Å². The van der Waals surface area contributed by atoms with E-state index in [0.717, 1.165) is 0 Å². The summed E-state index contributed by atoms with van der Waals surface area (Å²) < 4.78 is 9.67. The molecule has 0 aliphatic rings. The number of furan rings is 1. The first kappa shape index (κ1) is 13.6. The average molecular weight is 276 g/mol. The van der Waals surface area contributed by atoms with E-state index in [0.29, 0.717) is 11.4 Å². The van der Waals surface area contributed by atoms with Gasteiger partial charge in [0.1, 0.15) is 11.5 Å². The predicted octanol–water partition coefficient (Wildman–Crippen LogP) is 1.77. The summed E-state index contributed by atoms with van der Waals surface area (Å²) in [7, 11) is 1.28. The van der Waals surface area contributed by atoms with E-state index >= 15 is 0 Å². The maximum absolute atomic E-state index is 11.3. The Morgan fingerprint density at radius 3 is 2.85 bits per heavy atom. The Morgan fingerprint density at radius 1 is 1.40 bits per heavy atom. The molecule has 0 aromatic carbocycles. The van der Waals surface area contributed by atoms with Crippen molar-refractivity contribution in [2.24, 2.45) is 0 Å². The van der Waals surface area contributed by atoms with Crippen LogP contribution in [-0.2, 0) is 11.3 Å². The van der Waals surface area contributed by atoms with Gasteiger partial charge in [0, 0.05) is 11.9 Å². The molecule has 0 spiro atoms. The SMILES string of the molecule is COC(=O)c1cc(NCc2ccc(C(=O)O)o2)ccn1. The van der Waals surface area contributed by atoms with E-state index in [-0.39, 0.29) is 18.0 Å². The highest BCUT2D eigenvalue weighted by molar-refractivity contribution is 5.88. The van der Waals surface area contributed by atoms with E-state index in [1.807, 2.05) is 0 Å². The van der Waals surface area contributed by atoms with E-state index in [4.69, 9.17) is 9.52 Å². The first-order valence-electron chi connectivity index (χ1n) is 5.70. The van der Waals surface area contributed by atoms with Gasteiger partial charge in [-0.15, -0.1) is 0 Å². The fourth-order valence-electron chi connectivity index (χ4n) is 1.53. The summed E-state index contributed by atoms with van der Waals surface area (Å²) in [6, 6.07) is 6.16. The summed E-state index contributed by atoms with van der Waals surface area (Å²) >= 11 is 0. The van der Waals surface area contributed by atoms with Crippen LogP contribution in [0.2, 0.25) is 0 Å². The molecule has 0 saturated carbocycles. The summed E-state index contributed by atoms with van der Waals surface area (Å²) in [5, 5.41) is 11.7. The molecule has 2 rings (SSSR count). The second-order valence-corrected chi connectivity index (χ2v) is 3.85. The molecule has 2 aromatic rings. The number of rotatable bonds is 5. The summed E-state index contributed by atoms with van der Waals surface area (Å²) in [6.07, 6.45) is 1.47. The van der Waals surface area contributed by atoms with Crippen LogP contribution in [0, 0.1) is 0 Å². The van der Waals surface area contributed by atoms with Crippen LogP contribution in [0.25, 0.3) is 0 Å². The van der Waals surface area contributed by atoms with Gasteiger partial charge in [0.2, 0.25) is 5.76 Å². The van der Waals surface area contributed by atoms with E-state index < -0.39 is 11.9 Å². The van der Waals surface area contributed by atoms with Crippen molar-refractivity contribution >= 4 is 17.6 Å². The number of carboxylic acids is 1. The molecule has 2 aromatic heterocycles. The van der Waals surface area contributed by atoms with Gasteiger partial charge in [0.05, 0.1) is 13.7 Å². The molecule has 7 nitrogen and oxygen atoms in total. The molecule has 0 amide bonds. The first-order valence-corrected chi connectivity index (χ1v) is 5.70. The quantitative estimate of drug-likeness (QED) is 0.802. The monoisotopic (exact) mass is 276 g/mol. The van der Waals surface area contributed by atoms with Crippen LogP contribution in [-0.4, -0.2) is 29.1 Å². The van der Waals surface area contributed by atoms with Crippen LogP contribution in [0.5, 0.6) is 0 Å². The third-order valence-electron chi connectivity index (χ3n) is 2.49. The predicted molar refractivity (Wildman–Crippen MR) is 68.6 cm³/mol. The minimum Gasteiger partial charge on any atom is -0.475 e. The molecule has 0 aliphatic heterocycles. The van der Waals surface area contributed by atoms with Gasteiger partial charge in [-0.25, -0.2) is 14.6 Å². The van der Waals surface area contributed by atoms with Gasteiger partial charge in [0.15, 0.2) is 0 Å². The molecule has 0 radical (unpaired) electrons. The highest BCUT2D eigenvalue weighted by atomic mass is 16.5. The van der Waals surface area contributed by atoms with Crippen molar-refractivity contribution in [3.63, 3.8) is 0 Å². The number of pyridine rings is 1. The molecule has 7 heteroatoms. The highest BCUT2D eigenvalue weighted by Gasteiger charge is 2.10. The Balaban J connectivity index is 2.03. The first-order chi connectivity index (χ1) is 9.60. The van der Waals surface area contributed by atoms with Crippen molar-refractivity contribution < 1.29 is 23.8 Å². The van der Waals surface area contributed by atoms with E-state index in [1.54, 1.807) is 12.1 Å². The zero-order valence-corrected chi connectivity index (χ0v) is 10.6. The number of nitrogens with one attached hydrogen (secondary N) is 1. The molecule has 2 N–H and O–H groups in total. The Kier molecular flexibility index (Phi) is 3.99. The van der Waals surface area contributed by atoms with Gasteiger partial charge in [-0.2, -0.15) is 0 Å². The number of carbonyl (C=O) groups excluding carboxylic acids is 1. The molecule has 20 heavy (non-hydrogen) atoms. The lowest BCUT2D eigenvalue weighted by atomic mass is 10.3. The summed E-state index contributed by atoms with van der Waals surface area (Å²) in [5.41, 5.74) is 0.830. The van der Waals surface area contributed by atoms with Crippen molar-refractivity contribution in [3.05, 3.63) is 47.7 Å². The van der Waals surface area contributed by atoms with Crippen LogP contribution in [0.1, 0.15) is 26.8 Å². The standard InChI is InChI=1S/C13H12N2O5/c1-19-13(18)10-6-8(4-5-14-10)15-7-9-2-3-11(20-9)12(16)17/h2-6H,7H2,1H3,(H,14,15)(H,16,17). The number of anilines is 1. The second-order valence-electron chi connectivity index (χ2n) is 3.85. The molecule has 0 atom stereocenters. The zero-order valence-electron chi connectivity index (χ0n) is 10.6. The van der Waals surface area contributed by atoms with Crippen LogP contribution in [0.15, 0.2) is 34.9 Å². The molecule has 0 unspecified atom stereocenters. The van der Waals surface area contributed by atoms with Crippen molar-refractivity contribution in [2.75, 3.05) is 12.4 Å². The Labute approximate surface area is 114 Å². The number of ether oxygens (including phenoxy) is 1. The lowest BCUT2D eigenvalue weighted by Gasteiger charge is -2.05. The van der Waals surface area contributed by atoms with Crippen LogP contribution >= 0.6 is 0 Å². The maximum Gasteiger partial charge on any atom is 0.371 e. The molecular formula is C13H12N2O5. The van der Waals surface area contributed by atoms with E-state index in [1.165, 1.54) is 25.4 Å². The largest absolute Gasteiger partial charge is 0.475 e. The fourth-order valence-corrected chi connectivity index (χ4v) is 1.53. The number of methoxy groups -OCH3 is 1. The van der Waals surface area contributed by atoms with Gasteiger partial charge in [-0.05, 0) is 24.3 Å². The molecule has 0 fully saturated rings. The number of carboxylic acid groups (broad SMARTS) is 1. The van der Waals surface area contributed by atoms with E-state index in [2.05, 4.69) is 15.0 Å². The lowest BCUT2D eigenvalue weighted by Crippen LogP contribution is -2.06. The average Bonchev–Trinajstić information content (AvgIpc) is 2.93. The van der Waals surface area contributed by atoms with Crippen molar-refractivity contribution in [1.29, 1.82) is 0 Å². The van der Waals surface area contributed by atoms with Gasteiger partial charge in [0.25, 0.3) is 0 Å². The van der Waals surface area contributed by atoms with Crippen molar-refractivity contribution in [3.8, 4) is 0 Å². The van der Waals surface area contributed by atoms with Gasteiger partial charge >= 0.3 is 11.9 Å². The number of hydrogen-bond donors (Lipinski definition) is 2. The number of aromatic carboxylic acids is 1. The van der Waals surface area contributed by atoms with Crippen LogP contribution in [0.3, 0.4) is 0 Å². The third kappa shape index (κ3) is 3.14. The second kappa shape index (κ2) is 5.87. The Morgan fingerprint density at radius 2 is 2.20 bits per heavy atom. The maximum atomic E-state index is 11.3. The number of nitrogens with zero attached hydrogens (tertiary/aromatic N) is 1. The number of carbonyl (C=O) groups is 2. The molecule has 2 heterocycles. The minimum atomic E-state index is -1.12. The third-order valence-corrected chi connectivity index (χ3v) is 2.49. The fraction of sp³-hybridized carbons (Fsp3) is 0.154. The smallest absolute Gasteiger partial charge is 0.371 e. The summed E-state index contributed by atoms with van der Waals surface area (Å²) in [4.78, 5) is 25.9. The van der Waals surface area contributed by atoms with Crippen LogP contribution in [0.4, 0.5) is 5.69 Å². The topological polar surface area (TPSA) is 102 Å². The zero-order chi connectivity index (χ0) is 14.5. The molecule has 0 aliphatic carbocycles. The van der Waals surface area contributed by atoms with E-state index in [9.17, 15) is 9.59 Å². The molecule has 0 saturated heterocycles. The van der Waals surface area contributed by atoms with Crippen molar-refractivity contribution in [1.82, 2.24) is 4.98 Å². The Bertz CT molecular complexity index is 635. The summed E-state index contributed by atoms with van der Waals surface area (Å²) in [6.45, 7) is 0.290. The number of hydrogen-bond acceptors (Lipinski definition) is 6. The Hall–Kier alpha value is -2.83. The highest BCUT2D eigenvalue weighted by Crippen LogP contribution is 2.13. The van der Waals surface area contributed by atoms with Gasteiger partial charge < -0.3 is 19.6 Å². The number of esters is 1.